The number of ether oxygens (including phenoxy) is 1. The molecule has 0 aliphatic carbocycles. The van der Waals surface area contributed by atoms with Crippen molar-refractivity contribution in [1.29, 1.82) is 0 Å². The highest BCUT2D eigenvalue weighted by molar-refractivity contribution is 5.69. The number of carbonyl (C=O) groups excluding carboxylic acids is 1. The molecule has 1 radical (unpaired) electrons. The minimum Gasteiger partial charge on any atom is -0.466 e. The van der Waals surface area contributed by atoms with Crippen molar-refractivity contribution in [3.8, 4) is 0 Å². The molecule has 0 spiro atoms. The predicted octanol–water partition coefficient (Wildman–Crippen LogP) is 2.48. The largest absolute Gasteiger partial charge is 0.466 e. The summed E-state index contributed by atoms with van der Waals surface area (Å²) in [4.78, 5) is 11.1. The van der Waals surface area contributed by atoms with Crippen LogP contribution in [0.25, 0.3) is 0 Å². The van der Waals surface area contributed by atoms with Crippen molar-refractivity contribution in [1.82, 2.24) is 0 Å². The molecule has 0 aromatic carbocycles. The Kier molecular flexibility index (Phi) is 11.1. The van der Waals surface area contributed by atoms with E-state index >= 15 is 0 Å². The quantitative estimate of drug-likeness (QED) is 0.450. The molecule has 89 valence electrons. The first-order valence-corrected chi connectivity index (χ1v) is 5.87. The Morgan fingerprint density at radius 1 is 1.07 bits per heavy atom. The summed E-state index contributed by atoms with van der Waals surface area (Å²) in [6.45, 7) is 4.50. The highest BCUT2D eigenvalue weighted by Crippen LogP contribution is 2.03. The molecular weight excluding hydrogens is 192 g/mol. The van der Waals surface area contributed by atoms with Crippen molar-refractivity contribution in [2.75, 3.05) is 13.2 Å². The summed E-state index contributed by atoms with van der Waals surface area (Å²) in [6, 6.07) is 0. The zero-order valence-electron chi connectivity index (χ0n) is 9.54. The van der Waals surface area contributed by atoms with E-state index in [2.05, 4.69) is 6.92 Å². The lowest BCUT2D eigenvalue weighted by Gasteiger charge is -2.04. The molecule has 0 unspecified atom stereocenters. The smallest absolute Gasteiger partial charge is 0.305 e. The van der Waals surface area contributed by atoms with E-state index in [4.69, 9.17) is 9.84 Å². The van der Waals surface area contributed by atoms with Crippen molar-refractivity contribution in [3.63, 3.8) is 0 Å². The molecule has 0 aliphatic heterocycles. The highest BCUT2D eigenvalue weighted by atomic mass is 16.5. The minimum atomic E-state index is -0.109. The van der Waals surface area contributed by atoms with Crippen LogP contribution in [0.3, 0.4) is 0 Å². The van der Waals surface area contributed by atoms with E-state index in [0.717, 1.165) is 44.9 Å². The lowest BCUT2D eigenvalue weighted by Crippen LogP contribution is -2.05. The molecule has 3 nitrogen and oxygen atoms in total. The van der Waals surface area contributed by atoms with Gasteiger partial charge in [0, 0.05) is 13.0 Å². The summed E-state index contributed by atoms with van der Waals surface area (Å²) in [6.07, 6.45) is 7.06. The standard InChI is InChI=1S/C12H23O3/c1-2-3-4-8-11-15-12(14)9-6-5-7-10-13/h13H,1-11H2. The van der Waals surface area contributed by atoms with Crippen molar-refractivity contribution < 1.29 is 14.6 Å². The SMILES string of the molecule is [CH2]CCCCCOC(=O)CCCCCO. The van der Waals surface area contributed by atoms with Gasteiger partial charge in [-0.25, -0.2) is 0 Å². The van der Waals surface area contributed by atoms with Gasteiger partial charge in [-0.3, -0.25) is 4.79 Å². The third kappa shape index (κ3) is 11.4. The van der Waals surface area contributed by atoms with E-state index in [9.17, 15) is 4.79 Å². The molecule has 0 amide bonds. The number of rotatable bonds is 10. The van der Waals surface area contributed by atoms with Crippen LogP contribution in [0.2, 0.25) is 0 Å². The second-order valence-electron chi connectivity index (χ2n) is 3.67. The molecule has 15 heavy (non-hydrogen) atoms. The van der Waals surface area contributed by atoms with Gasteiger partial charge in [-0.1, -0.05) is 32.6 Å². The van der Waals surface area contributed by atoms with Crippen molar-refractivity contribution in [3.05, 3.63) is 6.92 Å². The highest BCUT2D eigenvalue weighted by Gasteiger charge is 2.01. The van der Waals surface area contributed by atoms with Crippen LogP contribution in [-0.4, -0.2) is 24.3 Å². The van der Waals surface area contributed by atoms with Crippen LogP contribution in [0.15, 0.2) is 0 Å². The van der Waals surface area contributed by atoms with E-state index in [1.165, 1.54) is 0 Å². The fourth-order valence-corrected chi connectivity index (χ4v) is 1.27. The first-order valence-electron chi connectivity index (χ1n) is 5.87. The lowest BCUT2D eigenvalue weighted by atomic mass is 10.2. The zero-order chi connectivity index (χ0) is 11.4. The summed E-state index contributed by atoms with van der Waals surface area (Å²) < 4.78 is 5.05. The molecule has 0 fully saturated rings. The maximum absolute atomic E-state index is 11.1. The minimum absolute atomic E-state index is 0.109. The van der Waals surface area contributed by atoms with E-state index in [1.54, 1.807) is 0 Å². The predicted molar refractivity (Wildman–Crippen MR) is 60.3 cm³/mol. The monoisotopic (exact) mass is 215 g/mol. The number of esters is 1. The maximum Gasteiger partial charge on any atom is 0.305 e. The molecule has 0 aromatic heterocycles. The third-order valence-corrected chi connectivity index (χ3v) is 2.20. The van der Waals surface area contributed by atoms with Gasteiger partial charge in [-0.2, -0.15) is 0 Å². The topological polar surface area (TPSA) is 46.5 Å². The summed E-state index contributed by atoms with van der Waals surface area (Å²) in [5.74, 6) is -0.109. The summed E-state index contributed by atoms with van der Waals surface area (Å²) in [5.41, 5.74) is 0. The van der Waals surface area contributed by atoms with Gasteiger partial charge < -0.3 is 9.84 Å². The normalized spacial score (nSPS) is 10.3. The van der Waals surface area contributed by atoms with E-state index in [1.807, 2.05) is 0 Å². The fourth-order valence-electron chi connectivity index (χ4n) is 1.27. The molecule has 0 heterocycles. The van der Waals surface area contributed by atoms with E-state index in [0.29, 0.717) is 13.0 Å². The molecular formula is C12H23O3. The fraction of sp³-hybridized carbons (Fsp3) is 0.833. The van der Waals surface area contributed by atoms with Crippen LogP contribution >= 0.6 is 0 Å². The van der Waals surface area contributed by atoms with Crippen molar-refractivity contribution in [2.45, 2.75) is 51.4 Å². The van der Waals surface area contributed by atoms with Crippen LogP contribution in [0.4, 0.5) is 0 Å². The molecule has 0 saturated heterocycles. The van der Waals surface area contributed by atoms with Gasteiger partial charge in [0.15, 0.2) is 0 Å². The van der Waals surface area contributed by atoms with E-state index < -0.39 is 0 Å². The molecule has 0 aromatic rings. The number of hydrogen-bond acceptors (Lipinski definition) is 3. The van der Waals surface area contributed by atoms with Crippen LogP contribution < -0.4 is 0 Å². The molecule has 0 bridgehead atoms. The maximum atomic E-state index is 11.1. The van der Waals surface area contributed by atoms with Crippen molar-refractivity contribution >= 4 is 5.97 Å². The second kappa shape index (κ2) is 11.5. The second-order valence-corrected chi connectivity index (χ2v) is 3.67. The van der Waals surface area contributed by atoms with Gasteiger partial charge in [-0.15, -0.1) is 0 Å². The van der Waals surface area contributed by atoms with Gasteiger partial charge in [0.25, 0.3) is 0 Å². The molecule has 3 heteroatoms. The van der Waals surface area contributed by atoms with Gasteiger partial charge in [0.1, 0.15) is 0 Å². The van der Waals surface area contributed by atoms with Crippen LogP contribution in [0, 0.1) is 6.92 Å². The Morgan fingerprint density at radius 3 is 2.47 bits per heavy atom. The van der Waals surface area contributed by atoms with E-state index in [-0.39, 0.29) is 12.6 Å². The Hall–Kier alpha value is -0.570. The Morgan fingerprint density at radius 2 is 1.80 bits per heavy atom. The molecule has 0 rings (SSSR count). The van der Waals surface area contributed by atoms with Gasteiger partial charge >= 0.3 is 5.97 Å². The Labute approximate surface area is 92.8 Å². The molecule has 1 N–H and O–H groups in total. The summed E-state index contributed by atoms with van der Waals surface area (Å²) >= 11 is 0. The first-order chi connectivity index (χ1) is 7.31. The number of hydrogen-bond donors (Lipinski definition) is 1. The molecule has 0 saturated carbocycles. The lowest BCUT2D eigenvalue weighted by molar-refractivity contribution is -0.143. The Balaban J connectivity index is 3.11. The first kappa shape index (κ1) is 14.4. The van der Waals surface area contributed by atoms with Gasteiger partial charge in [0.2, 0.25) is 0 Å². The molecule has 0 aliphatic rings. The zero-order valence-corrected chi connectivity index (χ0v) is 9.54. The van der Waals surface area contributed by atoms with Crippen LogP contribution in [0.5, 0.6) is 0 Å². The molecule has 0 atom stereocenters. The number of aliphatic hydroxyl groups excluding tert-OH is 1. The third-order valence-electron chi connectivity index (χ3n) is 2.20. The van der Waals surface area contributed by atoms with Gasteiger partial charge in [0.05, 0.1) is 6.61 Å². The average molecular weight is 215 g/mol. The van der Waals surface area contributed by atoms with Crippen molar-refractivity contribution in [2.24, 2.45) is 0 Å². The van der Waals surface area contributed by atoms with Crippen LogP contribution in [0.1, 0.15) is 51.4 Å². The summed E-state index contributed by atoms with van der Waals surface area (Å²) in [7, 11) is 0. The number of unbranched alkanes of at least 4 members (excludes halogenated alkanes) is 5. The van der Waals surface area contributed by atoms with Crippen LogP contribution in [-0.2, 0) is 9.53 Å². The average Bonchev–Trinajstić information content (AvgIpc) is 2.24. The van der Waals surface area contributed by atoms with Gasteiger partial charge in [-0.05, 0) is 19.3 Å². The Bertz CT molecular complexity index is 146. The number of carbonyl (C=O) groups is 1. The number of aliphatic hydroxyl groups is 1. The summed E-state index contributed by atoms with van der Waals surface area (Å²) in [5, 5.41) is 8.53.